The molecule has 13 heavy (non-hydrogen) atoms. The van der Waals surface area contributed by atoms with Crippen molar-refractivity contribution >= 4 is 0 Å². The van der Waals surface area contributed by atoms with Gasteiger partial charge in [-0.2, -0.15) is 0 Å². The maximum Gasteiger partial charge on any atom is 0.00201 e. The Balaban J connectivity index is 2.69. The number of rotatable bonds is 5. The second-order valence-electron chi connectivity index (χ2n) is 3.19. The molecule has 0 saturated carbocycles. The Morgan fingerprint density at radius 1 is 1.38 bits per heavy atom. The van der Waals surface area contributed by atoms with E-state index in [9.17, 15) is 0 Å². The van der Waals surface area contributed by atoms with Crippen LogP contribution in [0.5, 0.6) is 0 Å². The summed E-state index contributed by atoms with van der Waals surface area (Å²) in [5.41, 5.74) is 1.39. The summed E-state index contributed by atoms with van der Waals surface area (Å²) in [7, 11) is 1.99. The summed E-state index contributed by atoms with van der Waals surface area (Å²) in [4.78, 5) is 0. The van der Waals surface area contributed by atoms with Gasteiger partial charge in [0.05, 0.1) is 0 Å². The van der Waals surface area contributed by atoms with Crippen molar-refractivity contribution in [3.05, 3.63) is 48.6 Å². The SMILES string of the molecule is C=CC[C@H](CNC)c1ccccc1. The van der Waals surface area contributed by atoms with Gasteiger partial charge in [-0.1, -0.05) is 36.4 Å². The third-order valence-electron chi connectivity index (χ3n) is 2.17. The number of hydrogen-bond acceptors (Lipinski definition) is 1. The van der Waals surface area contributed by atoms with E-state index in [-0.39, 0.29) is 0 Å². The number of allylic oxidation sites excluding steroid dienone is 1. The van der Waals surface area contributed by atoms with Gasteiger partial charge in [0.25, 0.3) is 0 Å². The summed E-state index contributed by atoms with van der Waals surface area (Å²) in [6, 6.07) is 10.6. The van der Waals surface area contributed by atoms with Gasteiger partial charge in [0.15, 0.2) is 0 Å². The van der Waals surface area contributed by atoms with Crippen molar-refractivity contribution in [3.8, 4) is 0 Å². The van der Waals surface area contributed by atoms with Crippen LogP contribution in [0.2, 0.25) is 0 Å². The predicted octanol–water partition coefficient (Wildman–Crippen LogP) is 2.57. The Labute approximate surface area is 80.5 Å². The van der Waals surface area contributed by atoms with E-state index in [1.54, 1.807) is 0 Å². The van der Waals surface area contributed by atoms with E-state index in [2.05, 4.69) is 36.2 Å². The van der Waals surface area contributed by atoms with Crippen LogP contribution in [0.3, 0.4) is 0 Å². The van der Waals surface area contributed by atoms with Crippen LogP contribution < -0.4 is 5.32 Å². The van der Waals surface area contributed by atoms with Crippen molar-refractivity contribution in [2.24, 2.45) is 0 Å². The molecule has 0 aromatic heterocycles. The lowest BCUT2D eigenvalue weighted by Gasteiger charge is -2.14. The van der Waals surface area contributed by atoms with Crippen LogP contribution >= 0.6 is 0 Å². The summed E-state index contributed by atoms with van der Waals surface area (Å²) in [6.07, 6.45) is 3.01. The fourth-order valence-corrected chi connectivity index (χ4v) is 1.51. The minimum atomic E-state index is 0.559. The lowest BCUT2D eigenvalue weighted by Crippen LogP contribution is -2.16. The number of hydrogen-bond donors (Lipinski definition) is 1. The van der Waals surface area contributed by atoms with Crippen LogP contribution in [0.25, 0.3) is 0 Å². The van der Waals surface area contributed by atoms with Crippen LogP contribution in [0, 0.1) is 0 Å². The zero-order chi connectivity index (χ0) is 9.52. The van der Waals surface area contributed by atoms with Gasteiger partial charge >= 0.3 is 0 Å². The van der Waals surface area contributed by atoms with Gasteiger partial charge in [-0.05, 0) is 24.9 Å². The first kappa shape index (κ1) is 10.0. The fraction of sp³-hybridized carbons (Fsp3) is 0.333. The zero-order valence-corrected chi connectivity index (χ0v) is 8.16. The number of nitrogens with one attached hydrogen (secondary N) is 1. The molecule has 1 nitrogen and oxygen atoms in total. The van der Waals surface area contributed by atoms with Crippen LogP contribution in [-0.2, 0) is 0 Å². The Kier molecular flexibility index (Phi) is 4.27. The van der Waals surface area contributed by atoms with Crippen molar-refractivity contribution in [2.45, 2.75) is 12.3 Å². The molecule has 0 aliphatic carbocycles. The zero-order valence-electron chi connectivity index (χ0n) is 8.16. The van der Waals surface area contributed by atoms with Crippen LogP contribution in [0.4, 0.5) is 0 Å². The molecule has 0 fully saturated rings. The molecule has 1 aromatic carbocycles. The molecule has 0 amide bonds. The van der Waals surface area contributed by atoms with E-state index in [1.807, 2.05) is 19.2 Å². The number of benzene rings is 1. The maximum atomic E-state index is 3.78. The van der Waals surface area contributed by atoms with E-state index in [0.29, 0.717) is 5.92 Å². The molecule has 0 radical (unpaired) electrons. The van der Waals surface area contributed by atoms with Gasteiger partial charge < -0.3 is 5.32 Å². The van der Waals surface area contributed by atoms with Gasteiger partial charge in [-0.25, -0.2) is 0 Å². The minimum absolute atomic E-state index is 0.559. The van der Waals surface area contributed by atoms with E-state index in [0.717, 1.165) is 13.0 Å². The lowest BCUT2D eigenvalue weighted by atomic mass is 9.96. The molecule has 70 valence electrons. The molecule has 1 atom stereocenters. The Bertz CT molecular complexity index is 241. The third-order valence-corrected chi connectivity index (χ3v) is 2.17. The van der Waals surface area contributed by atoms with Crippen LogP contribution in [0.1, 0.15) is 17.9 Å². The van der Waals surface area contributed by atoms with Crippen molar-refractivity contribution in [1.29, 1.82) is 0 Å². The Hall–Kier alpha value is -1.08. The molecule has 1 aromatic rings. The summed E-state index contributed by atoms with van der Waals surface area (Å²) in [5.74, 6) is 0.559. The van der Waals surface area contributed by atoms with E-state index in [4.69, 9.17) is 0 Å². The molecular formula is C12H17N. The standard InChI is InChI=1S/C12H17N/c1-3-7-12(10-13-2)11-8-5-4-6-9-11/h3-6,8-9,12-13H,1,7,10H2,2H3/t12-/m1/s1. The Morgan fingerprint density at radius 3 is 2.62 bits per heavy atom. The third kappa shape index (κ3) is 3.03. The van der Waals surface area contributed by atoms with Crippen LogP contribution in [-0.4, -0.2) is 13.6 Å². The summed E-state index contributed by atoms with van der Waals surface area (Å²) < 4.78 is 0. The highest BCUT2D eigenvalue weighted by Gasteiger charge is 2.07. The topological polar surface area (TPSA) is 12.0 Å². The molecule has 1 N–H and O–H groups in total. The van der Waals surface area contributed by atoms with Crippen molar-refractivity contribution in [1.82, 2.24) is 5.32 Å². The van der Waals surface area contributed by atoms with Gasteiger partial charge in [0.1, 0.15) is 0 Å². The monoisotopic (exact) mass is 175 g/mol. The predicted molar refractivity (Wildman–Crippen MR) is 57.9 cm³/mol. The highest BCUT2D eigenvalue weighted by molar-refractivity contribution is 5.20. The van der Waals surface area contributed by atoms with E-state index in [1.165, 1.54) is 5.56 Å². The average molecular weight is 175 g/mol. The molecule has 0 unspecified atom stereocenters. The summed E-state index contributed by atoms with van der Waals surface area (Å²) in [6.45, 7) is 4.79. The van der Waals surface area contributed by atoms with Crippen LogP contribution in [0.15, 0.2) is 43.0 Å². The van der Waals surface area contributed by atoms with Gasteiger partial charge in [-0.3, -0.25) is 0 Å². The molecule has 1 heteroatoms. The highest BCUT2D eigenvalue weighted by atomic mass is 14.8. The molecule has 1 rings (SSSR count). The second kappa shape index (κ2) is 5.55. The van der Waals surface area contributed by atoms with Gasteiger partial charge in [0.2, 0.25) is 0 Å². The summed E-state index contributed by atoms with van der Waals surface area (Å²) in [5, 5.41) is 3.20. The maximum absolute atomic E-state index is 3.78. The first-order valence-electron chi connectivity index (χ1n) is 4.69. The largest absolute Gasteiger partial charge is 0.319 e. The molecule has 0 aliphatic heterocycles. The number of likely N-dealkylation sites (N-methyl/N-ethyl adjacent to an activating group) is 1. The smallest absolute Gasteiger partial charge is 0.00201 e. The minimum Gasteiger partial charge on any atom is -0.319 e. The average Bonchev–Trinajstić information content (AvgIpc) is 2.19. The van der Waals surface area contributed by atoms with Gasteiger partial charge in [-0.15, -0.1) is 6.58 Å². The van der Waals surface area contributed by atoms with E-state index >= 15 is 0 Å². The van der Waals surface area contributed by atoms with E-state index < -0.39 is 0 Å². The quantitative estimate of drug-likeness (QED) is 0.678. The first-order chi connectivity index (χ1) is 6.38. The van der Waals surface area contributed by atoms with Gasteiger partial charge in [0, 0.05) is 6.54 Å². The Morgan fingerprint density at radius 2 is 2.08 bits per heavy atom. The lowest BCUT2D eigenvalue weighted by molar-refractivity contribution is 0.636. The second-order valence-corrected chi connectivity index (χ2v) is 3.19. The van der Waals surface area contributed by atoms with Crippen molar-refractivity contribution in [3.63, 3.8) is 0 Å². The summed E-state index contributed by atoms with van der Waals surface area (Å²) >= 11 is 0. The molecule has 0 heterocycles. The van der Waals surface area contributed by atoms with Crippen molar-refractivity contribution < 1.29 is 0 Å². The molecule has 0 aliphatic rings. The molecule has 0 bridgehead atoms. The van der Waals surface area contributed by atoms with Crippen molar-refractivity contribution in [2.75, 3.05) is 13.6 Å². The molecule has 0 saturated heterocycles. The normalized spacial score (nSPS) is 12.4. The fourth-order valence-electron chi connectivity index (χ4n) is 1.51. The first-order valence-corrected chi connectivity index (χ1v) is 4.69. The molecular weight excluding hydrogens is 158 g/mol. The molecule has 0 spiro atoms. The highest BCUT2D eigenvalue weighted by Crippen LogP contribution is 2.18.